The van der Waals surface area contributed by atoms with E-state index < -0.39 is 5.60 Å². The number of amides is 1. The molecule has 0 bridgehead atoms. The van der Waals surface area contributed by atoms with Gasteiger partial charge in [0.25, 0.3) is 0 Å². The number of para-hydroxylation sites is 1. The maximum atomic E-state index is 12.6. The van der Waals surface area contributed by atoms with E-state index in [1.165, 1.54) is 5.69 Å². The molecule has 0 spiro atoms. The van der Waals surface area contributed by atoms with Crippen molar-refractivity contribution in [2.24, 2.45) is 0 Å². The molecule has 1 amide bonds. The number of methoxy groups -OCH3 is 1. The van der Waals surface area contributed by atoms with Gasteiger partial charge in [-0.2, -0.15) is 5.10 Å². The molecule has 2 aliphatic heterocycles. The van der Waals surface area contributed by atoms with Crippen LogP contribution in [0.25, 0.3) is 11.3 Å². The summed E-state index contributed by atoms with van der Waals surface area (Å²) in [7, 11) is 1.64. The Bertz CT molecular complexity index is 1170. The topological polar surface area (TPSA) is 71.9 Å². The summed E-state index contributed by atoms with van der Waals surface area (Å²) < 4.78 is 13.4. The number of nitrogens with zero attached hydrogens (tertiary/aromatic N) is 4. The largest absolute Gasteiger partial charge is 0.497 e. The van der Waals surface area contributed by atoms with E-state index in [9.17, 15) is 4.79 Å². The van der Waals surface area contributed by atoms with Gasteiger partial charge >= 0.3 is 0 Å². The number of hydrogen-bond donors (Lipinski definition) is 1. The molecule has 0 radical (unpaired) electrons. The molecule has 2 aliphatic rings. The van der Waals surface area contributed by atoms with Gasteiger partial charge in [0, 0.05) is 55.3 Å². The summed E-state index contributed by atoms with van der Waals surface area (Å²) in [6.45, 7) is 8.32. The summed E-state index contributed by atoms with van der Waals surface area (Å²) in [5.41, 5.74) is 3.50. The molecule has 1 fully saturated rings. The number of anilines is 1. The minimum absolute atomic E-state index is 0.00211. The van der Waals surface area contributed by atoms with Gasteiger partial charge in [-0.3, -0.25) is 14.4 Å². The second-order valence-electron chi connectivity index (χ2n) is 9.26. The molecule has 2 aromatic carbocycles. The first-order valence-electron chi connectivity index (χ1n) is 11.7. The second-order valence-corrected chi connectivity index (χ2v) is 9.26. The number of carbonyl (C=O) groups is 1. The molecule has 5 rings (SSSR count). The summed E-state index contributed by atoms with van der Waals surface area (Å²) in [4.78, 5) is 17.2. The summed E-state index contributed by atoms with van der Waals surface area (Å²) in [5, 5.41) is 7.78. The van der Waals surface area contributed by atoms with Gasteiger partial charge in [-0.25, -0.2) is 0 Å². The molecule has 1 saturated heterocycles. The van der Waals surface area contributed by atoms with Crippen molar-refractivity contribution in [1.29, 1.82) is 0 Å². The van der Waals surface area contributed by atoms with Crippen molar-refractivity contribution in [1.82, 2.24) is 20.0 Å². The first kappa shape index (κ1) is 22.3. The lowest BCUT2D eigenvalue weighted by molar-refractivity contribution is -0.122. The summed E-state index contributed by atoms with van der Waals surface area (Å²) in [6.07, 6.45) is 1.96. The van der Waals surface area contributed by atoms with Crippen LogP contribution in [0.5, 0.6) is 11.5 Å². The molecule has 0 atom stereocenters. The van der Waals surface area contributed by atoms with Crippen molar-refractivity contribution in [3.63, 3.8) is 0 Å². The number of rotatable bonds is 6. The number of ether oxygens (including phenoxy) is 2. The first-order valence-corrected chi connectivity index (χ1v) is 11.7. The van der Waals surface area contributed by atoms with Gasteiger partial charge in [0.15, 0.2) is 0 Å². The zero-order chi connectivity index (χ0) is 23.7. The Hall–Kier alpha value is -3.52. The van der Waals surface area contributed by atoms with E-state index in [4.69, 9.17) is 14.6 Å². The highest BCUT2D eigenvalue weighted by molar-refractivity contribution is 5.78. The molecular weight excluding hydrogens is 430 g/mol. The molecule has 3 heterocycles. The monoisotopic (exact) mass is 461 g/mol. The minimum atomic E-state index is -0.532. The van der Waals surface area contributed by atoms with Gasteiger partial charge in [-0.05, 0) is 38.1 Å². The van der Waals surface area contributed by atoms with E-state index in [2.05, 4.69) is 39.4 Å². The zero-order valence-corrected chi connectivity index (χ0v) is 20.0. The number of carbonyl (C=O) groups excluding carboxylic acids is 1. The van der Waals surface area contributed by atoms with E-state index in [0.717, 1.165) is 54.5 Å². The molecule has 0 aliphatic carbocycles. The van der Waals surface area contributed by atoms with Gasteiger partial charge in [0.05, 0.1) is 13.7 Å². The van der Waals surface area contributed by atoms with E-state index >= 15 is 0 Å². The van der Waals surface area contributed by atoms with Gasteiger partial charge < -0.3 is 19.7 Å². The van der Waals surface area contributed by atoms with E-state index in [-0.39, 0.29) is 5.91 Å². The Labute approximate surface area is 200 Å². The average molecular weight is 462 g/mol. The van der Waals surface area contributed by atoms with Crippen molar-refractivity contribution < 1.29 is 14.3 Å². The molecule has 0 saturated carbocycles. The van der Waals surface area contributed by atoms with E-state index in [0.29, 0.717) is 13.2 Å². The number of piperazine rings is 1. The van der Waals surface area contributed by atoms with Gasteiger partial charge in [0.1, 0.15) is 29.5 Å². The van der Waals surface area contributed by atoms with Crippen LogP contribution in [0.4, 0.5) is 5.69 Å². The van der Waals surface area contributed by atoms with Gasteiger partial charge in [-0.15, -0.1) is 0 Å². The van der Waals surface area contributed by atoms with Crippen LogP contribution in [0.3, 0.4) is 0 Å². The molecule has 1 aromatic heterocycles. The third-order valence-electron chi connectivity index (χ3n) is 6.52. The van der Waals surface area contributed by atoms with Gasteiger partial charge in [-0.1, -0.05) is 18.2 Å². The fraction of sp³-hybridized carbons (Fsp3) is 0.385. The smallest absolute Gasteiger partial charge is 0.235 e. The van der Waals surface area contributed by atoms with Crippen LogP contribution in [-0.2, 0) is 17.1 Å². The maximum absolute atomic E-state index is 12.6. The standard InChI is InChI=1S/C26H31N5O3/c1-26(2)22-16-31(28-25(22)21-10-9-20(33-3)15-23(21)34-26)18-27-24(32)17-29-11-13-30(14-12-29)19-7-5-4-6-8-19/h4-10,15-16H,11-14,17-18H2,1-3H3,(H,27,32). The van der Waals surface area contributed by atoms with Crippen molar-refractivity contribution in [3.05, 3.63) is 60.3 Å². The number of nitrogens with one attached hydrogen (secondary N) is 1. The number of fused-ring (bicyclic) bond motifs is 3. The third kappa shape index (κ3) is 4.46. The lowest BCUT2D eigenvalue weighted by Crippen LogP contribution is -2.49. The third-order valence-corrected chi connectivity index (χ3v) is 6.52. The molecule has 0 unspecified atom stereocenters. The van der Waals surface area contributed by atoms with Crippen molar-refractivity contribution in [2.45, 2.75) is 26.1 Å². The number of hydrogen-bond acceptors (Lipinski definition) is 6. The normalized spacial score (nSPS) is 16.9. The molecule has 8 nitrogen and oxygen atoms in total. The fourth-order valence-corrected chi connectivity index (χ4v) is 4.61. The highest BCUT2D eigenvalue weighted by Gasteiger charge is 2.35. The Morgan fingerprint density at radius 1 is 1.12 bits per heavy atom. The van der Waals surface area contributed by atoms with Crippen LogP contribution in [-0.4, -0.2) is 60.4 Å². The van der Waals surface area contributed by atoms with Crippen LogP contribution in [0, 0.1) is 0 Å². The van der Waals surface area contributed by atoms with Crippen molar-refractivity contribution in [3.8, 4) is 22.8 Å². The van der Waals surface area contributed by atoms with Crippen LogP contribution in [0.2, 0.25) is 0 Å². The quantitative estimate of drug-likeness (QED) is 0.608. The van der Waals surface area contributed by atoms with Crippen LogP contribution in [0.15, 0.2) is 54.7 Å². The minimum Gasteiger partial charge on any atom is -0.497 e. The highest BCUT2D eigenvalue weighted by atomic mass is 16.5. The first-order chi connectivity index (χ1) is 16.4. The fourth-order valence-electron chi connectivity index (χ4n) is 4.61. The number of aromatic nitrogens is 2. The molecule has 3 aromatic rings. The summed E-state index contributed by atoms with van der Waals surface area (Å²) in [6, 6.07) is 16.2. The van der Waals surface area contributed by atoms with Crippen molar-refractivity contribution >= 4 is 11.6 Å². The van der Waals surface area contributed by atoms with Crippen molar-refractivity contribution in [2.75, 3.05) is 44.7 Å². The maximum Gasteiger partial charge on any atom is 0.235 e. The van der Waals surface area contributed by atoms with Crippen LogP contribution < -0.4 is 19.7 Å². The SMILES string of the molecule is COc1ccc2c(c1)OC(C)(C)c1cn(CNC(=O)CN3CCN(c4ccccc4)CC3)nc1-2. The van der Waals surface area contributed by atoms with Gasteiger partial charge in [0.2, 0.25) is 5.91 Å². The lowest BCUT2D eigenvalue weighted by Gasteiger charge is -2.35. The molecule has 34 heavy (non-hydrogen) atoms. The average Bonchev–Trinajstić information content (AvgIpc) is 3.29. The second kappa shape index (κ2) is 9.02. The van der Waals surface area contributed by atoms with Crippen LogP contribution >= 0.6 is 0 Å². The Morgan fingerprint density at radius 3 is 2.62 bits per heavy atom. The molecular formula is C26H31N5O3. The molecule has 178 valence electrons. The Balaban J connectivity index is 1.19. The predicted octanol–water partition coefficient (Wildman–Crippen LogP) is 3.08. The molecule has 8 heteroatoms. The molecule has 1 N–H and O–H groups in total. The van der Waals surface area contributed by atoms with Crippen LogP contribution in [0.1, 0.15) is 19.4 Å². The van der Waals surface area contributed by atoms with E-state index in [1.807, 2.05) is 44.3 Å². The number of benzene rings is 2. The summed E-state index contributed by atoms with van der Waals surface area (Å²) >= 11 is 0. The highest BCUT2D eigenvalue weighted by Crippen LogP contribution is 2.45. The predicted molar refractivity (Wildman–Crippen MR) is 131 cm³/mol. The lowest BCUT2D eigenvalue weighted by atomic mass is 9.92. The zero-order valence-electron chi connectivity index (χ0n) is 20.0. The Morgan fingerprint density at radius 2 is 1.88 bits per heavy atom. The Kier molecular flexibility index (Phi) is 5.91. The summed E-state index contributed by atoms with van der Waals surface area (Å²) in [5.74, 6) is 1.50. The van der Waals surface area contributed by atoms with E-state index in [1.54, 1.807) is 11.8 Å².